The van der Waals surface area contributed by atoms with Crippen molar-refractivity contribution in [1.82, 2.24) is 5.32 Å². The summed E-state index contributed by atoms with van der Waals surface area (Å²) in [5.74, 6) is 2.82. The highest BCUT2D eigenvalue weighted by atomic mass is 16.2. The van der Waals surface area contributed by atoms with Crippen molar-refractivity contribution in [3.8, 4) is 0 Å². The van der Waals surface area contributed by atoms with Crippen LogP contribution in [0, 0.1) is 23.2 Å². The van der Waals surface area contributed by atoms with Crippen molar-refractivity contribution < 1.29 is 4.79 Å². The Kier molecular flexibility index (Phi) is 4.03. The molecule has 2 saturated carbocycles. The van der Waals surface area contributed by atoms with Crippen molar-refractivity contribution in [1.29, 1.82) is 0 Å². The average molecular weight is 251 g/mol. The molecule has 104 valence electrons. The fourth-order valence-electron chi connectivity index (χ4n) is 3.74. The Morgan fingerprint density at radius 1 is 1.17 bits per heavy atom. The molecular weight excluding hydrogens is 222 g/mol. The minimum absolute atomic E-state index is 0.226. The van der Waals surface area contributed by atoms with Crippen LogP contribution in [-0.4, -0.2) is 11.9 Å². The van der Waals surface area contributed by atoms with E-state index in [1.54, 1.807) is 0 Å². The predicted molar refractivity (Wildman–Crippen MR) is 75.2 cm³/mol. The van der Waals surface area contributed by atoms with E-state index in [4.69, 9.17) is 0 Å². The maximum Gasteiger partial charge on any atom is 0.225 e. The maximum atomic E-state index is 12.1. The van der Waals surface area contributed by atoms with Crippen molar-refractivity contribution >= 4 is 5.91 Å². The van der Waals surface area contributed by atoms with E-state index in [0.717, 1.165) is 17.8 Å². The first-order chi connectivity index (χ1) is 8.40. The maximum absolute atomic E-state index is 12.1. The SMILES string of the molecule is CCC1CC2CCC(NC(=O)C(C)(C)C)C(C1)C2. The molecule has 4 atom stereocenters. The second kappa shape index (κ2) is 5.22. The van der Waals surface area contributed by atoms with Gasteiger partial charge in [0.1, 0.15) is 0 Å². The van der Waals surface area contributed by atoms with Crippen LogP contribution in [-0.2, 0) is 4.79 Å². The number of hydrogen-bond donors (Lipinski definition) is 1. The molecule has 0 aliphatic heterocycles. The second-order valence-electron chi connectivity index (χ2n) is 7.51. The van der Waals surface area contributed by atoms with Gasteiger partial charge in [-0.1, -0.05) is 34.1 Å². The molecule has 1 N–H and O–H groups in total. The van der Waals surface area contributed by atoms with Gasteiger partial charge < -0.3 is 5.32 Å². The van der Waals surface area contributed by atoms with Crippen LogP contribution in [0.15, 0.2) is 0 Å². The molecule has 0 aromatic carbocycles. The molecule has 0 aromatic heterocycles. The molecule has 0 radical (unpaired) electrons. The van der Waals surface area contributed by atoms with Crippen LogP contribution < -0.4 is 5.32 Å². The number of amides is 1. The third-order valence-corrected chi connectivity index (χ3v) is 4.97. The van der Waals surface area contributed by atoms with E-state index in [1.165, 1.54) is 38.5 Å². The van der Waals surface area contributed by atoms with E-state index in [0.29, 0.717) is 6.04 Å². The third kappa shape index (κ3) is 3.07. The summed E-state index contributed by atoms with van der Waals surface area (Å²) in [5, 5.41) is 3.32. The summed E-state index contributed by atoms with van der Waals surface area (Å²) in [4.78, 5) is 12.1. The molecule has 2 nitrogen and oxygen atoms in total. The van der Waals surface area contributed by atoms with Crippen molar-refractivity contribution in [2.45, 2.75) is 72.3 Å². The van der Waals surface area contributed by atoms with Gasteiger partial charge in [0.15, 0.2) is 0 Å². The molecule has 2 heteroatoms. The molecule has 2 aliphatic carbocycles. The van der Waals surface area contributed by atoms with E-state index >= 15 is 0 Å². The van der Waals surface area contributed by atoms with Gasteiger partial charge in [0.05, 0.1) is 0 Å². The summed E-state index contributed by atoms with van der Waals surface area (Å²) in [7, 11) is 0. The highest BCUT2D eigenvalue weighted by molar-refractivity contribution is 5.81. The quantitative estimate of drug-likeness (QED) is 0.795. The van der Waals surface area contributed by atoms with Crippen LogP contribution >= 0.6 is 0 Å². The summed E-state index contributed by atoms with van der Waals surface area (Å²) < 4.78 is 0. The normalized spacial score (nSPS) is 36.2. The molecule has 0 aromatic rings. The molecule has 2 fully saturated rings. The van der Waals surface area contributed by atoms with E-state index in [9.17, 15) is 4.79 Å². The van der Waals surface area contributed by atoms with Crippen molar-refractivity contribution in [3.05, 3.63) is 0 Å². The van der Waals surface area contributed by atoms with Crippen LogP contribution in [0.2, 0.25) is 0 Å². The summed E-state index contributed by atoms with van der Waals surface area (Å²) >= 11 is 0. The lowest BCUT2D eigenvalue weighted by atomic mass is 9.65. The van der Waals surface area contributed by atoms with Crippen molar-refractivity contribution in [2.24, 2.45) is 23.2 Å². The summed E-state index contributed by atoms with van der Waals surface area (Å²) in [6.07, 6.45) is 7.96. The lowest BCUT2D eigenvalue weighted by molar-refractivity contribution is -0.130. The number of fused-ring (bicyclic) bond motifs is 2. The summed E-state index contributed by atoms with van der Waals surface area (Å²) in [6, 6.07) is 0.447. The topological polar surface area (TPSA) is 29.1 Å². The lowest BCUT2D eigenvalue weighted by Gasteiger charge is -2.44. The van der Waals surface area contributed by atoms with Crippen molar-refractivity contribution in [2.75, 3.05) is 0 Å². The van der Waals surface area contributed by atoms with Crippen LogP contribution in [0.5, 0.6) is 0 Å². The van der Waals surface area contributed by atoms with Gasteiger partial charge in [0.2, 0.25) is 5.91 Å². The molecule has 2 rings (SSSR count). The number of carbonyl (C=O) groups is 1. The molecule has 2 bridgehead atoms. The Bertz CT molecular complexity index is 305. The van der Waals surface area contributed by atoms with Gasteiger partial charge in [-0.15, -0.1) is 0 Å². The standard InChI is InChI=1S/C16H29NO/c1-5-11-8-12-6-7-14(13(9-11)10-12)17-15(18)16(2,3)4/h11-14H,5-10H2,1-4H3,(H,17,18). The Balaban J connectivity index is 1.96. The lowest BCUT2D eigenvalue weighted by Crippen LogP contribution is -2.49. The van der Waals surface area contributed by atoms with E-state index in [1.807, 2.05) is 20.8 Å². The number of hydrogen-bond acceptors (Lipinski definition) is 1. The van der Waals surface area contributed by atoms with Crippen LogP contribution in [0.1, 0.15) is 66.2 Å². The first-order valence-corrected chi connectivity index (χ1v) is 7.71. The highest BCUT2D eigenvalue weighted by Gasteiger charge is 2.38. The minimum Gasteiger partial charge on any atom is -0.353 e. The van der Waals surface area contributed by atoms with Crippen LogP contribution in [0.25, 0.3) is 0 Å². The summed E-state index contributed by atoms with van der Waals surface area (Å²) in [5.41, 5.74) is -0.254. The fourth-order valence-corrected chi connectivity index (χ4v) is 3.74. The molecule has 2 aliphatic rings. The van der Waals surface area contributed by atoms with Gasteiger partial charge in [-0.3, -0.25) is 4.79 Å². The average Bonchev–Trinajstić information content (AvgIpc) is 2.31. The fraction of sp³-hybridized carbons (Fsp3) is 0.938. The van der Waals surface area contributed by atoms with E-state index in [2.05, 4.69) is 12.2 Å². The van der Waals surface area contributed by atoms with E-state index < -0.39 is 0 Å². The van der Waals surface area contributed by atoms with Gasteiger partial charge in [-0.05, 0) is 49.9 Å². The monoisotopic (exact) mass is 251 g/mol. The van der Waals surface area contributed by atoms with E-state index in [-0.39, 0.29) is 11.3 Å². The molecule has 0 heterocycles. The first kappa shape index (κ1) is 13.9. The van der Waals surface area contributed by atoms with Gasteiger partial charge in [0, 0.05) is 11.5 Å². The zero-order valence-corrected chi connectivity index (χ0v) is 12.5. The number of carbonyl (C=O) groups excluding carboxylic acids is 1. The van der Waals surface area contributed by atoms with Gasteiger partial charge in [-0.25, -0.2) is 0 Å². The van der Waals surface area contributed by atoms with Crippen LogP contribution in [0.3, 0.4) is 0 Å². The molecule has 1 amide bonds. The zero-order valence-electron chi connectivity index (χ0n) is 12.5. The largest absolute Gasteiger partial charge is 0.353 e. The minimum atomic E-state index is -0.254. The predicted octanol–water partition coefficient (Wildman–Crippen LogP) is 3.75. The Labute approximate surface area is 112 Å². The van der Waals surface area contributed by atoms with Gasteiger partial charge >= 0.3 is 0 Å². The molecule has 4 unspecified atom stereocenters. The second-order valence-corrected chi connectivity index (χ2v) is 7.51. The van der Waals surface area contributed by atoms with Gasteiger partial charge in [-0.2, -0.15) is 0 Å². The summed E-state index contributed by atoms with van der Waals surface area (Å²) in [6.45, 7) is 8.32. The molecule has 18 heavy (non-hydrogen) atoms. The zero-order chi connectivity index (χ0) is 13.3. The Morgan fingerprint density at radius 3 is 2.50 bits per heavy atom. The first-order valence-electron chi connectivity index (χ1n) is 7.71. The molecule has 0 spiro atoms. The molecule has 0 saturated heterocycles. The third-order valence-electron chi connectivity index (χ3n) is 4.97. The Morgan fingerprint density at radius 2 is 1.89 bits per heavy atom. The van der Waals surface area contributed by atoms with Gasteiger partial charge in [0.25, 0.3) is 0 Å². The molecular formula is C16H29NO. The number of nitrogens with one attached hydrogen (secondary N) is 1. The highest BCUT2D eigenvalue weighted by Crippen LogP contribution is 2.43. The smallest absolute Gasteiger partial charge is 0.225 e. The number of rotatable bonds is 2. The van der Waals surface area contributed by atoms with Crippen LogP contribution in [0.4, 0.5) is 0 Å². The van der Waals surface area contributed by atoms with Crippen molar-refractivity contribution in [3.63, 3.8) is 0 Å². The Hall–Kier alpha value is -0.530.